The second kappa shape index (κ2) is 10.2. The molecule has 1 saturated heterocycles. The molecule has 0 radical (unpaired) electrons. The Morgan fingerprint density at radius 2 is 2.00 bits per heavy atom. The van der Waals surface area contributed by atoms with Gasteiger partial charge in [0.2, 0.25) is 0 Å². The average molecular weight is 411 g/mol. The molecule has 0 aromatic carbocycles. The van der Waals surface area contributed by atoms with E-state index in [0.29, 0.717) is 0 Å². The van der Waals surface area contributed by atoms with E-state index in [1.807, 2.05) is 0 Å². The van der Waals surface area contributed by atoms with E-state index in [-0.39, 0.29) is 11.6 Å². The minimum Gasteiger partial charge on any atom is -0.462 e. The number of esters is 1. The van der Waals surface area contributed by atoms with Gasteiger partial charge in [0.25, 0.3) is 0 Å². The summed E-state index contributed by atoms with van der Waals surface area (Å²) in [6, 6.07) is -1.07. The van der Waals surface area contributed by atoms with Crippen LogP contribution in [0.25, 0.3) is 0 Å². The van der Waals surface area contributed by atoms with Crippen LogP contribution in [0.1, 0.15) is 27.2 Å². The Kier molecular flexibility index (Phi) is 8.94. The first-order chi connectivity index (χ1) is 12.6. The van der Waals surface area contributed by atoms with Crippen LogP contribution in [0.5, 0.6) is 0 Å². The van der Waals surface area contributed by atoms with Crippen LogP contribution in [-0.2, 0) is 28.8 Å². The van der Waals surface area contributed by atoms with E-state index in [0.717, 1.165) is 6.92 Å². The van der Waals surface area contributed by atoms with Crippen LogP contribution in [-0.4, -0.2) is 86.8 Å². The van der Waals surface area contributed by atoms with Crippen molar-refractivity contribution in [3.8, 4) is 0 Å². The third-order valence-corrected chi connectivity index (χ3v) is 3.86. The summed E-state index contributed by atoms with van der Waals surface area (Å²) < 4.78 is 10.4. The third-order valence-electron chi connectivity index (χ3n) is 3.74. The molecule has 0 aliphatic carbocycles. The molecule has 1 heterocycles. The molecule has 156 valence electrons. The molecule has 1 fully saturated rings. The van der Waals surface area contributed by atoms with Crippen LogP contribution < -0.4 is 5.32 Å². The molecular weight excluding hydrogens is 386 g/mol. The van der Waals surface area contributed by atoms with E-state index in [9.17, 15) is 24.9 Å². The standard InChI is InChI=1S/C15H25NO10S/c1-4-23-14(22)15(26-25-8(3)18)5-9(19)11(16-7(2)27)13(24-15)12(21)10(20)6-17/h9-13,17,19-21H,4-6H2,1-3H3,(H,16,27)/t9-,10+,11+,12+,13+,15+/m0/s1. The highest BCUT2D eigenvalue weighted by atomic mass is 32.1. The summed E-state index contributed by atoms with van der Waals surface area (Å²) in [5.74, 6) is -4.41. The van der Waals surface area contributed by atoms with Gasteiger partial charge in [-0.15, -0.1) is 4.89 Å². The van der Waals surface area contributed by atoms with Crippen molar-refractivity contribution in [2.24, 2.45) is 0 Å². The summed E-state index contributed by atoms with van der Waals surface area (Å²) in [6.45, 7) is 3.14. The highest BCUT2D eigenvalue weighted by Crippen LogP contribution is 2.34. The minimum atomic E-state index is -2.39. The SMILES string of the molecule is CCOC(=O)[C@]1(OOC(C)=O)C[C@H](O)[C@@H](NC(C)=S)[C@H]([C@H](O)[C@H](O)CO)O1. The second-order valence-corrected chi connectivity index (χ2v) is 6.56. The lowest BCUT2D eigenvalue weighted by Crippen LogP contribution is -2.68. The largest absolute Gasteiger partial charge is 0.462 e. The van der Waals surface area contributed by atoms with Crippen molar-refractivity contribution in [2.45, 2.75) is 63.4 Å². The molecule has 11 nitrogen and oxygen atoms in total. The van der Waals surface area contributed by atoms with Crippen LogP contribution in [0.2, 0.25) is 0 Å². The van der Waals surface area contributed by atoms with Crippen molar-refractivity contribution in [3.63, 3.8) is 0 Å². The first kappa shape index (κ1) is 23.6. The number of hydrogen-bond donors (Lipinski definition) is 5. The smallest absolute Gasteiger partial charge is 0.371 e. The fourth-order valence-corrected chi connectivity index (χ4v) is 2.71. The molecule has 1 aliphatic heterocycles. The van der Waals surface area contributed by atoms with Gasteiger partial charge in [0, 0.05) is 13.3 Å². The van der Waals surface area contributed by atoms with E-state index in [2.05, 4.69) is 10.2 Å². The van der Waals surface area contributed by atoms with Crippen LogP contribution in [0, 0.1) is 0 Å². The average Bonchev–Trinajstić information content (AvgIpc) is 2.60. The van der Waals surface area contributed by atoms with Gasteiger partial charge in [-0.2, -0.15) is 0 Å². The molecule has 6 atom stereocenters. The highest BCUT2D eigenvalue weighted by molar-refractivity contribution is 7.80. The predicted molar refractivity (Wildman–Crippen MR) is 92.0 cm³/mol. The molecule has 0 aromatic rings. The predicted octanol–water partition coefficient (Wildman–Crippen LogP) is -2.09. The van der Waals surface area contributed by atoms with Crippen LogP contribution in [0.15, 0.2) is 0 Å². The Hall–Kier alpha value is -1.41. The molecule has 0 saturated carbocycles. The zero-order valence-electron chi connectivity index (χ0n) is 15.2. The third kappa shape index (κ3) is 6.04. The summed E-state index contributed by atoms with van der Waals surface area (Å²) in [5.41, 5.74) is 0. The minimum absolute atomic E-state index is 0.0727. The maximum absolute atomic E-state index is 12.4. The maximum Gasteiger partial charge on any atom is 0.371 e. The summed E-state index contributed by atoms with van der Waals surface area (Å²) >= 11 is 4.94. The summed E-state index contributed by atoms with van der Waals surface area (Å²) in [7, 11) is 0. The van der Waals surface area contributed by atoms with Crippen LogP contribution in [0.4, 0.5) is 0 Å². The Labute approximate surface area is 161 Å². The fraction of sp³-hybridized carbons (Fsp3) is 0.800. The molecule has 1 rings (SSSR count). The van der Waals surface area contributed by atoms with Gasteiger partial charge in [0.05, 0.1) is 30.3 Å². The number of carbonyl (C=O) groups is 2. The Bertz CT molecular complexity index is 547. The maximum atomic E-state index is 12.4. The lowest BCUT2D eigenvalue weighted by molar-refractivity contribution is -0.421. The van der Waals surface area contributed by atoms with Crippen molar-refractivity contribution in [2.75, 3.05) is 13.2 Å². The number of rotatable bonds is 8. The number of hydrogen-bond acceptors (Lipinski definition) is 11. The van der Waals surface area contributed by atoms with E-state index >= 15 is 0 Å². The number of nitrogens with one attached hydrogen (secondary N) is 1. The highest BCUT2D eigenvalue weighted by Gasteiger charge is 2.58. The molecule has 12 heteroatoms. The molecule has 1 aliphatic rings. The lowest BCUT2D eigenvalue weighted by Gasteiger charge is -2.46. The summed E-state index contributed by atoms with van der Waals surface area (Å²) in [5, 5.41) is 42.4. The first-order valence-electron chi connectivity index (χ1n) is 8.21. The number of thiocarbonyl (C=S) groups is 1. The zero-order chi connectivity index (χ0) is 20.8. The van der Waals surface area contributed by atoms with E-state index < -0.39 is 61.2 Å². The zero-order valence-corrected chi connectivity index (χ0v) is 16.0. The van der Waals surface area contributed by atoms with Gasteiger partial charge >= 0.3 is 17.7 Å². The van der Waals surface area contributed by atoms with E-state index in [4.69, 9.17) is 31.7 Å². The number of aliphatic hydroxyl groups excluding tert-OH is 4. The molecule has 27 heavy (non-hydrogen) atoms. The Balaban J connectivity index is 3.27. The molecule has 0 spiro atoms. The molecule has 0 amide bonds. The Morgan fingerprint density at radius 3 is 2.48 bits per heavy atom. The van der Waals surface area contributed by atoms with E-state index in [1.54, 1.807) is 0 Å². The van der Waals surface area contributed by atoms with Gasteiger partial charge in [-0.1, -0.05) is 12.2 Å². The number of carbonyl (C=O) groups excluding carboxylic acids is 2. The van der Waals surface area contributed by atoms with Crippen molar-refractivity contribution in [1.82, 2.24) is 5.32 Å². The van der Waals surface area contributed by atoms with Crippen molar-refractivity contribution in [1.29, 1.82) is 0 Å². The fourth-order valence-electron chi connectivity index (χ4n) is 2.57. The summed E-state index contributed by atoms with van der Waals surface area (Å²) in [4.78, 5) is 33.0. The van der Waals surface area contributed by atoms with Crippen molar-refractivity contribution >= 4 is 29.1 Å². The van der Waals surface area contributed by atoms with Crippen molar-refractivity contribution in [3.05, 3.63) is 0 Å². The van der Waals surface area contributed by atoms with Crippen molar-refractivity contribution < 1.29 is 49.3 Å². The van der Waals surface area contributed by atoms with Gasteiger partial charge in [-0.3, -0.25) is 4.89 Å². The second-order valence-electron chi connectivity index (χ2n) is 5.95. The molecule has 0 bridgehead atoms. The van der Waals surface area contributed by atoms with Crippen LogP contribution >= 0.6 is 12.2 Å². The molecule has 0 aromatic heterocycles. The van der Waals surface area contributed by atoms with E-state index in [1.165, 1.54) is 13.8 Å². The topological polar surface area (TPSA) is 164 Å². The summed E-state index contributed by atoms with van der Waals surface area (Å²) in [6.07, 6.45) is -6.84. The lowest BCUT2D eigenvalue weighted by atomic mass is 9.88. The Morgan fingerprint density at radius 1 is 1.37 bits per heavy atom. The molecule has 0 unspecified atom stereocenters. The van der Waals surface area contributed by atoms with Gasteiger partial charge in [0.15, 0.2) is 0 Å². The van der Waals surface area contributed by atoms with Gasteiger partial charge in [-0.25, -0.2) is 9.59 Å². The van der Waals surface area contributed by atoms with Crippen LogP contribution in [0.3, 0.4) is 0 Å². The van der Waals surface area contributed by atoms with Gasteiger partial charge in [-0.05, 0) is 13.8 Å². The molecular formula is C15H25NO10S. The number of aliphatic hydroxyl groups is 4. The first-order valence-corrected chi connectivity index (χ1v) is 8.62. The quantitative estimate of drug-likeness (QED) is 0.128. The van der Waals surface area contributed by atoms with Gasteiger partial charge < -0.3 is 35.2 Å². The van der Waals surface area contributed by atoms with Gasteiger partial charge in [0.1, 0.15) is 18.3 Å². The number of ether oxygens (including phenoxy) is 2. The molecule has 5 N–H and O–H groups in total. The monoisotopic (exact) mass is 411 g/mol. The normalized spacial score (nSPS) is 30.1.